The van der Waals surface area contributed by atoms with E-state index in [1.807, 2.05) is 66.1 Å². The van der Waals surface area contributed by atoms with Crippen molar-refractivity contribution in [2.75, 3.05) is 0 Å². The van der Waals surface area contributed by atoms with Crippen molar-refractivity contribution in [1.29, 1.82) is 5.26 Å². The monoisotopic (exact) mass is 406 g/mol. The fourth-order valence-corrected chi connectivity index (χ4v) is 3.53. The van der Waals surface area contributed by atoms with Crippen molar-refractivity contribution >= 4 is 49.9 Å². The summed E-state index contributed by atoms with van der Waals surface area (Å²) in [6, 6.07) is 19.9. The summed E-state index contributed by atoms with van der Waals surface area (Å²) >= 11 is 4.85. The minimum Gasteiger partial charge on any atom is -0.454 e. The first-order valence-electron chi connectivity index (χ1n) is 7.55. The van der Waals surface area contributed by atoms with Crippen molar-refractivity contribution in [3.8, 4) is 17.5 Å². The van der Waals surface area contributed by atoms with Crippen LogP contribution in [0.15, 0.2) is 68.9 Å². The molecular formula is C20H11BrN2OS. The van der Waals surface area contributed by atoms with Gasteiger partial charge in [0.15, 0.2) is 5.76 Å². The van der Waals surface area contributed by atoms with Gasteiger partial charge >= 0.3 is 0 Å². The average molecular weight is 407 g/mol. The lowest BCUT2D eigenvalue weighted by Crippen LogP contribution is -1.82. The Bertz CT molecular complexity index is 1080. The van der Waals surface area contributed by atoms with Crippen molar-refractivity contribution < 1.29 is 4.42 Å². The average Bonchev–Trinajstić information content (AvgIpc) is 3.28. The normalized spacial score (nSPS) is 11.6. The zero-order valence-corrected chi connectivity index (χ0v) is 15.3. The molecule has 0 N–H and O–H groups in total. The minimum absolute atomic E-state index is 0.537. The molecule has 0 aliphatic carbocycles. The summed E-state index contributed by atoms with van der Waals surface area (Å²) in [5.74, 6) is 0.713. The second kappa shape index (κ2) is 6.67. The van der Waals surface area contributed by atoms with Gasteiger partial charge in [-0.2, -0.15) is 5.26 Å². The van der Waals surface area contributed by atoms with E-state index < -0.39 is 0 Å². The van der Waals surface area contributed by atoms with Crippen LogP contribution in [0.5, 0.6) is 0 Å². The highest BCUT2D eigenvalue weighted by atomic mass is 79.9. The number of nitrogens with zero attached hydrogens (tertiary/aromatic N) is 2. The number of nitriles is 1. The Morgan fingerprint density at radius 3 is 2.72 bits per heavy atom. The Morgan fingerprint density at radius 1 is 1.16 bits per heavy atom. The second-order valence-electron chi connectivity index (χ2n) is 5.41. The van der Waals surface area contributed by atoms with Gasteiger partial charge in [-0.1, -0.05) is 46.3 Å². The lowest BCUT2D eigenvalue weighted by atomic mass is 10.1. The summed E-state index contributed by atoms with van der Waals surface area (Å²) in [6.45, 7) is 0. The zero-order chi connectivity index (χ0) is 17.2. The highest BCUT2D eigenvalue weighted by Gasteiger charge is 2.12. The van der Waals surface area contributed by atoms with E-state index in [0.29, 0.717) is 16.3 Å². The molecule has 0 amide bonds. The van der Waals surface area contributed by atoms with Gasteiger partial charge in [0.2, 0.25) is 0 Å². The van der Waals surface area contributed by atoms with Crippen molar-refractivity contribution in [3.63, 3.8) is 0 Å². The van der Waals surface area contributed by atoms with E-state index in [9.17, 15) is 5.26 Å². The Kier molecular flexibility index (Phi) is 4.22. The standard InChI is InChI=1S/C20H11BrN2OS/c21-16-7-5-13(6-8-16)9-15(11-22)20-23-17(12-25-20)19-10-14-3-1-2-4-18(14)24-19/h1-10,12H. The molecule has 5 heteroatoms. The molecule has 0 radical (unpaired) electrons. The highest BCUT2D eigenvalue weighted by molar-refractivity contribution is 9.10. The van der Waals surface area contributed by atoms with Gasteiger partial charge in [0, 0.05) is 15.2 Å². The molecule has 0 saturated heterocycles. The summed E-state index contributed by atoms with van der Waals surface area (Å²) in [7, 11) is 0. The summed E-state index contributed by atoms with van der Waals surface area (Å²) < 4.78 is 6.85. The largest absolute Gasteiger partial charge is 0.454 e. The molecule has 0 aliphatic heterocycles. The van der Waals surface area contributed by atoms with Crippen molar-refractivity contribution in [2.24, 2.45) is 0 Å². The van der Waals surface area contributed by atoms with E-state index in [0.717, 1.165) is 26.7 Å². The van der Waals surface area contributed by atoms with Gasteiger partial charge in [-0.15, -0.1) is 11.3 Å². The molecule has 25 heavy (non-hydrogen) atoms. The van der Waals surface area contributed by atoms with E-state index in [4.69, 9.17) is 4.42 Å². The number of fused-ring (bicyclic) bond motifs is 1. The first-order chi connectivity index (χ1) is 12.2. The number of allylic oxidation sites excluding steroid dienone is 1. The summed E-state index contributed by atoms with van der Waals surface area (Å²) in [5, 5.41) is 13.1. The SMILES string of the molecule is N#CC(=Cc1ccc(Br)cc1)c1nc(-c2cc3ccccc3o2)cs1. The number of halogens is 1. The third kappa shape index (κ3) is 3.27. The first kappa shape index (κ1) is 15.8. The van der Waals surface area contributed by atoms with Crippen LogP contribution < -0.4 is 0 Å². The second-order valence-corrected chi connectivity index (χ2v) is 7.18. The molecule has 0 aliphatic rings. The molecule has 2 heterocycles. The molecule has 0 saturated carbocycles. The number of para-hydroxylation sites is 1. The van der Waals surface area contributed by atoms with Crippen LogP contribution in [0.3, 0.4) is 0 Å². The number of benzene rings is 2. The van der Waals surface area contributed by atoms with Gasteiger partial charge in [0.05, 0.1) is 5.57 Å². The van der Waals surface area contributed by atoms with Crippen LogP contribution in [0.25, 0.3) is 34.1 Å². The molecule has 3 nitrogen and oxygen atoms in total. The number of furan rings is 1. The number of aromatic nitrogens is 1. The van der Waals surface area contributed by atoms with Gasteiger partial charge < -0.3 is 4.42 Å². The Morgan fingerprint density at radius 2 is 1.96 bits per heavy atom. The van der Waals surface area contributed by atoms with Gasteiger partial charge in [-0.25, -0.2) is 4.98 Å². The molecule has 0 spiro atoms. The molecule has 2 aromatic heterocycles. The van der Waals surface area contributed by atoms with Crippen LogP contribution in [0.4, 0.5) is 0 Å². The summed E-state index contributed by atoms with van der Waals surface area (Å²) in [6.07, 6.45) is 1.84. The van der Waals surface area contributed by atoms with Crippen LogP contribution >= 0.6 is 27.3 Å². The quantitative estimate of drug-likeness (QED) is 0.370. The number of rotatable bonds is 3. The van der Waals surface area contributed by atoms with Crippen molar-refractivity contribution in [2.45, 2.75) is 0 Å². The summed E-state index contributed by atoms with van der Waals surface area (Å²) in [4.78, 5) is 4.59. The Hall–Kier alpha value is -2.68. The maximum absolute atomic E-state index is 9.51. The van der Waals surface area contributed by atoms with Gasteiger partial charge in [-0.3, -0.25) is 0 Å². The first-order valence-corrected chi connectivity index (χ1v) is 9.22. The predicted molar refractivity (Wildman–Crippen MR) is 105 cm³/mol. The van der Waals surface area contributed by atoms with Crippen molar-refractivity contribution in [1.82, 2.24) is 4.98 Å². The molecule has 4 aromatic rings. The third-order valence-corrected chi connectivity index (χ3v) is 5.12. The molecule has 2 aromatic carbocycles. The molecule has 4 rings (SSSR count). The molecule has 0 atom stereocenters. The van der Waals surface area contributed by atoms with Crippen LogP contribution in [0, 0.1) is 11.3 Å². The van der Waals surface area contributed by atoms with Gasteiger partial charge in [0.1, 0.15) is 22.4 Å². The lowest BCUT2D eigenvalue weighted by Gasteiger charge is -1.96. The number of thiazole rings is 1. The molecular weight excluding hydrogens is 396 g/mol. The topological polar surface area (TPSA) is 49.8 Å². The van der Waals surface area contributed by atoms with E-state index in [1.165, 1.54) is 11.3 Å². The van der Waals surface area contributed by atoms with E-state index in [2.05, 4.69) is 27.0 Å². The zero-order valence-electron chi connectivity index (χ0n) is 12.9. The Labute approximate surface area is 157 Å². The van der Waals surface area contributed by atoms with Crippen LogP contribution in [-0.2, 0) is 0 Å². The summed E-state index contributed by atoms with van der Waals surface area (Å²) in [5.41, 5.74) is 3.07. The maximum atomic E-state index is 9.51. The van der Waals surface area contributed by atoms with Crippen LogP contribution in [-0.4, -0.2) is 4.98 Å². The van der Waals surface area contributed by atoms with Gasteiger partial charge in [-0.05, 0) is 35.9 Å². The van der Waals surface area contributed by atoms with Gasteiger partial charge in [0.25, 0.3) is 0 Å². The molecule has 120 valence electrons. The fourth-order valence-electron chi connectivity index (χ4n) is 2.49. The van der Waals surface area contributed by atoms with Crippen LogP contribution in [0.1, 0.15) is 10.6 Å². The molecule has 0 fully saturated rings. The predicted octanol–water partition coefficient (Wildman–Crippen LogP) is 6.38. The smallest absolute Gasteiger partial charge is 0.154 e. The number of hydrogen-bond acceptors (Lipinski definition) is 4. The fraction of sp³-hybridized carbons (Fsp3) is 0. The minimum atomic E-state index is 0.537. The molecule has 0 unspecified atom stereocenters. The maximum Gasteiger partial charge on any atom is 0.154 e. The van der Waals surface area contributed by atoms with E-state index >= 15 is 0 Å². The van der Waals surface area contributed by atoms with Crippen LogP contribution in [0.2, 0.25) is 0 Å². The van der Waals surface area contributed by atoms with Crippen molar-refractivity contribution in [3.05, 3.63) is 75.0 Å². The lowest BCUT2D eigenvalue weighted by molar-refractivity contribution is 0.629. The number of hydrogen-bond donors (Lipinski definition) is 0. The third-order valence-electron chi connectivity index (χ3n) is 3.71. The molecule has 0 bridgehead atoms. The van der Waals surface area contributed by atoms with E-state index in [1.54, 1.807) is 0 Å². The highest BCUT2D eigenvalue weighted by Crippen LogP contribution is 2.31. The van der Waals surface area contributed by atoms with E-state index in [-0.39, 0.29) is 0 Å². The Balaban J connectivity index is 1.69.